The Morgan fingerprint density at radius 1 is 1.24 bits per heavy atom. The molecule has 1 unspecified atom stereocenters. The average Bonchev–Trinajstić information content (AvgIpc) is 3.32. The number of likely N-dealkylation sites (tertiary alicyclic amines) is 1. The Balaban J connectivity index is 1.52. The van der Waals surface area contributed by atoms with Crippen LogP contribution in [0.3, 0.4) is 0 Å². The highest BCUT2D eigenvalue weighted by Gasteiger charge is 2.24. The fraction of sp³-hybridized carbons (Fsp3) is 0.667. The van der Waals surface area contributed by atoms with Crippen molar-refractivity contribution in [2.75, 3.05) is 50.8 Å². The van der Waals surface area contributed by atoms with Crippen molar-refractivity contribution in [1.82, 2.24) is 19.4 Å². The Morgan fingerprint density at radius 2 is 2.12 bits per heavy atom. The average molecular weight is 362 g/mol. The van der Waals surface area contributed by atoms with E-state index >= 15 is 0 Å². The zero-order valence-electron chi connectivity index (χ0n) is 14.9. The number of ether oxygens (including phenoxy) is 1. The number of anilines is 1. The second kappa shape index (κ2) is 7.85. The number of aromatic nitrogens is 3. The van der Waals surface area contributed by atoms with Gasteiger partial charge in [-0.25, -0.2) is 9.97 Å². The lowest BCUT2D eigenvalue weighted by atomic mass is 10.1. The van der Waals surface area contributed by atoms with Gasteiger partial charge in [0.1, 0.15) is 0 Å². The summed E-state index contributed by atoms with van der Waals surface area (Å²) in [5.41, 5.74) is 0. The predicted molar refractivity (Wildman–Crippen MR) is 101 cm³/mol. The lowest BCUT2D eigenvalue weighted by Gasteiger charge is -2.33. The molecule has 7 heteroatoms. The van der Waals surface area contributed by atoms with E-state index in [4.69, 9.17) is 4.74 Å². The second-order valence-corrected chi connectivity index (χ2v) is 7.87. The minimum Gasteiger partial charge on any atom is -0.378 e. The van der Waals surface area contributed by atoms with Crippen molar-refractivity contribution in [3.63, 3.8) is 0 Å². The van der Waals surface area contributed by atoms with E-state index in [1.807, 2.05) is 12.4 Å². The van der Waals surface area contributed by atoms with Gasteiger partial charge in [0, 0.05) is 38.1 Å². The van der Waals surface area contributed by atoms with Crippen LogP contribution in [0.4, 0.5) is 5.13 Å². The molecule has 2 fully saturated rings. The van der Waals surface area contributed by atoms with Crippen LogP contribution in [0.2, 0.25) is 0 Å². The van der Waals surface area contributed by atoms with E-state index in [-0.39, 0.29) is 0 Å². The molecule has 2 saturated heterocycles. The van der Waals surface area contributed by atoms with Gasteiger partial charge in [-0.1, -0.05) is 18.3 Å². The molecule has 1 atom stereocenters. The molecule has 0 bridgehead atoms. The maximum absolute atomic E-state index is 5.44. The van der Waals surface area contributed by atoms with E-state index < -0.39 is 0 Å². The number of thiazole rings is 1. The third kappa shape index (κ3) is 3.73. The number of hydrogen-bond donors (Lipinski definition) is 0. The first-order valence-electron chi connectivity index (χ1n) is 9.39. The van der Waals surface area contributed by atoms with Crippen LogP contribution in [0.1, 0.15) is 32.2 Å². The van der Waals surface area contributed by atoms with Crippen molar-refractivity contribution in [3.05, 3.63) is 18.6 Å². The fourth-order valence-electron chi connectivity index (χ4n) is 3.85. The van der Waals surface area contributed by atoms with Crippen LogP contribution < -0.4 is 4.90 Å². The molecule has 2 aliphatic rings. The first kappa shape index (κ1) is 17.0. The summed E-state index contributed by atoms with van der Waals surface area (Å²) in [6.07, 6.45) is 9.79. The summed E-state index contributed by atoms with van der Waals surface area (Å²) >= 11 is 1.75. The number of morpholine rings is 1. The summed E-state index contributed by atoms with van der Waals surface area (Å²) in [7, 11) is 0. The zero-order chi connectivity index (χ0) is 17.1. The van der Waals surface area contributed by atoms with E-state index in [2.05, 4.69) is 37.5 Å². The summed E-state index contributed by atoms with van der Waals surface area (Å²) in [6.45, 7) is 9.26. The largest absolute Gasteiger partial charge is 0.378 e. The molecular formula is C18H27N5OS. The molecule has 0 amide bonds. The van der Waals surface area contributed by atoms with Crippen LogP contribution in [-0.2, 0) is 4.74 Å². The lowest BCUT2D eigenvalue weighted by Crippen LogP contribution is -2.37. The standard InChI is InChI=1S/C18H27N5OS/c1-2-6-21-7-3-4-15(14-21)23-8-5-19-17(23)16-13-20-18(25-16)22-9-11-24-12-10-22/h5,8,13,15H,2-4,6-7,9-12,14H2,1H3. The molecule has 2 aliphatic heterocycles. The number of imidazole rings is 1. The van der Waals surface area contributed by atoms with Crippen molar-refractivity contribution in [2.24, 2.45) is 0 Å². The molecule has 0 saturated carbocycles. The summed E-state index contributed by atoms with van der Waals surface area (Å²) in [4.78, 5) is 15.4. The fourth-order valence-corrected chi connectivity index (χ4v) is 4.81. The lowest BCUT2D eigenvalue weighted by molar-refractivity contribution is 0.122. The van der Waals surface area contributed by atoms with E-state index in [9.17, 15) is 0 Å². The van der Waals surface area contributed by atoms with Crippen LogP contribution in [0, 0.1) is 0 Å². The molecule has 2 aromatic rings. The van der Waals surface area contributed by atoms with Crippen molar-refractivity contribution in [3.8, 4) is 10.7 Å². The molecule has 0 N–H and O–H groups in total. The van der Waals surface area contributed by atoms with Crippen molar-refractivity contribution in [2.45, 2.75) is 32.2 Å². The molecule has 4 heterocycles. The van der Waals surface area contributed by atoms with Crippen LogP contribution >= 0.6 is 11.3 Å². The first-order valence-corrected chi connectivity index (χ1v) is 10.2. The van der Waals surface area contributed by atoms with Gasteiger partial charge in [0.15, 0.2) is 11.0 Å². The van der Waals surface area contributed by atoms with E-state index in [1.165, 1.54) is 37.2 Å². The number of rotatable bonds is 5. The highest BCUT2D eigenvalue weighted by molar-refractivity contribution is 7.18. The van der Waals surface area contributed by atoms with Gasteiger partial charge >= 0.3 is 0 Å². The van der Waals surface area contributed by atoms with Gasteiger partial charge in [-0.2, -0.15) is 0 Å². The minimum absolute atomic E-state index is 0.520. The molecule has 25 heavy (non-hydrogen) atoms. The Hall–Kier alpha value is -1.44. The van der Waals surface area contributed by atoms with Gasteiger partial charge in [-0.05, 0) is 32.4 Å². The number of piperidine rings is 1. The zero-order valence-corrected chi connectivity index (χ0v) is 15.7. The SMILES string of the molecule is CCCN1CCCC(n2ccnc2-c2cnc(N3CCOCC3)s2)C1. The van der Waals surface area contributed by atoms with Crippen molar-refractivity contribution in [1.29, 1.82) is 0 Å². The Morgan fingerprint density at radius 3 is 2.96 bits per heavy atom. The number of hydrogen-bond acceptors (Lipinski definition) is 6. The highest BCUT2D eigenvalue weighted by atomic mass is 32.1. The molecule has 4 rings (SSSR count). The quantitative estimate of drug-likeness (QED) is 0.819. The van der Waals surface area contributed by atoms with E-state index in [0.717, 1.165) is 43.8 Å². The molecule has 0 radical (unpaired) electrons. The molecule has 2 aromatic heterocycles. The highest BCUT2D eigenvalue weighted by Crippen LogP contribution is 2.33. The number of nitrogens with zero attached hydrogens (tertiary/aromatic N) is 5. The summed E-state index contributed by atoms with van der Waals surface area (Å²) in [6, 6.07) is 0.520. The smallest absolute Gasteiger partial charge is 0.186 e. The van der Waals surface area contributed by atoms with Gasteiger partial charge in [0.2, 0.25) is 0 Å². The third-order valence-corrected chi connectivity index (χ3v) is 6.13. The molecular weight excluding hydrogens is 334 g/mol. The van der Waals surface area contributed by atoms with Gasteiger partial charge in [-0.3, -0.25) is 0 Å². The van der Waals surface area contributed by atoms with Crippen LogP contribution in [0.15, 0.2) is 18.6 Å². The summed E-state index contributed by atoms with van der Waals surface area (Å²) < 4.78 is 7.82. The topological polar surface area (TPSA) is 46.4 Å². The maximum atomic E-state index is 5.44. The summed E-state index contributed by atoms with van der Waals surface area (Å²) in [5.74, 6) is 1.07. The van der Waals surface area contributed by atoms with E-state index in [0.29, 0.717) is 6.04 Å². The maximum Gasteiger partial charge on any atom is 0.186 e. The second-order valence-electron chi connectivity index (χ2n) is 6.86. The molecule has 0 spiro atoms. The van der Waals surface area contributed by atoms with Crippen LogP contribution in [0.25, 0.3) is 10.7 Å². The van der Waals surface area contributed by atoms with E-state index in [1.54, 1.807) is 11.3 Å². The van der Waals surface area contributed by atoms with Crippen LogP contribution in [-0.4, -0.2) is 65.4 Å². The monoisotopic (exact) mass is 361 g/mol. The van der Waals surface area contributed by atoms with Gasteiger partial charge in [-0.15, -0.1) is 0 Å². The van der Waals surface area contributed by atoms with Gasteiger partial charge < -0.3 is 19.1 Å². The van der Waals surface area contributed by atoms with Gasteiger partial charge in [0.05, 0.1) is 24.3 Å². The first-order chi connectivity index (χ1) is 12.3. The normalized spacial score (nSPS) is 22.4. The molecule has 0 aliphatic carbocycles. The minimum atomic E-state index is 0.520. The van der Waals surface area contributed by atoms with Gasteiger partial charge in [0.25, 0.3) is 0 Å². The van der Waals surface area contributed by atoms with Crippen LogP contribution in [0.5, 0.6) is 0 Å². The Labute approximate surface area is 153 Å². The van der Waals surface area contributed by atoms with Crippen molar-refractivity contribution >= 4 is 16.5 Å². The van der Waals surface area contributed by atoms with Crippen molar-refractivity contribution < 1.29 is 4.74 Å². The molecule has 0 aromatic carbocycles. The third-order valence-electron chi connectivity index (χ3n) is 5.08. The Kier molecular flexibility index (Phi) is 5.33. The molecule has 136 valence electrons. The predicted octanol–water partition coefficient (Wildman–Crippen LogP) is 2.89. The molecule has 6 nitrogen and oxygen atoms in total. The Bertz CT molecular complexity index is 677. The summed E-state index contributed by atoms with van der Waals surface area (Å²) in [5, 5.41) is 1.09.